The van der Waals surface area contributed by atoms with Crippen LogP contribution in [0.2, 0.25) is 0 Å². The summed E-state index contributed by atoms with van der Waals surface area (Å²) in [6.45, 7) is 4.38. The topological polar surface area (TPSA) is 116 Å². The number of rotatable bonds is 8. The fraction of sp³-hybridized carbons (Fsp3) is 0.412. The summed E-state index contributed by atoms with van der Waals surface area (Å²) in [6.07, 6.45) is 2.00. The molecular formula is C34H42N8O4. The van der Waals surface area contributed by atoms with Gasteiger partial charge in [-0.3, -0.25) is 9.59 Å². The number of piperazine rings is 2. The fourth-order valence-corrected chi connectivity index (χ4v) is 6.60. The number of hydrazine groups is 1. The predicted octanol–water partition coefficient (Wildman–Crippen LogP) is 1.76. The van der Waals surface area contributed by atoms with Gasteiger partial charge in [0.1, 0.15) is 23.8 Å². The summed E-state index contributed by atoms with van der Waals surface area (Å²) in [5, 5.41) is 16.1. The molecule has 6 rings (SSSR count). The van der Waals surface area contributed by atoms with Gasteiger partial charge in [0, 0.05) is 64.5 Å². The van der Waals surface area contributed by atoms with Crippen LogP contribution in [0.3, 0.4) is 0 Å². The van der Waals surface area contributed by atoms with Gasteiger partial charge in [0.2, 0.25) is 11.8 Å². The van der Waals surface area contributed by atoms with Crippen LogP contribution in [0.15, 0.2) is 72.9 Å². The van der Waals surface area contributed by atoms with Gasteiger partial charge in [0.15, 0.2) is 0 Å². The maximum Gasteiger partial charge on any atom is 0.333 e. The van der Waals surface area contributed by atoms with Crippen LogP contribution in [0.4, 0.5) is 10.6 Å². The monoisotopic (exact) mass is 626 g/mol. The SMILES string of the molecule is CN1CCN(c2ncccc2CN2CC3N(C(=O)CN(C)N3C(=O)NCCc3ccccc3)[C@@H](Cc3ccc(O)cc3)C2=O)CC1. The number of hydrogen-bond acceptors (Lipinski definition) is 8. The molecule has 3 aromatic rings. The smallest absolute Gasteiger partial charge is 0.333 e. The molecule has 0 bridgehead atoms. The van der Waals surface area contributed by atoms with Crippen molar-refractivity contribution in [2.45, 2.75) is 31.6 Å². The Balaban J connectivity index is 1.28. The van der Waals surface area contributed by atoms with Crippen LogP contribution in [0.5, 0.6) is 5.75 Å². The number of likely N-dealkylation sites (N-methyl/N-ethyl adjacent to an activating group) is 2. The number of aromatic nitrogens is 1. The van der Waals surface area contributed by atoms with Gasteiger partial charge >= 0.3 is 6.03 Å². The maximum atomic E-state index is 14.3. The molecule has 0 radical (unpaired) electrons. The van der Waals surface area contributed by atoms with Crippen molar-refractivity contribution in [3.63, 3.8) is 0 Å². The molecule has 2 aromatic carbocycles. The van der Waals surface area contributed by atoms with E-state index in [2.05, 4.69) is 22.2 Å². The van der Waals surface area contributed by atoms with Crippen molar-refractivity contribution in [2.75, 3.05) is 64.8 Å². The highest BCUT2D eigenvalue weighted by molar-refractivity contribution is 5.91. The molecule has 242 valence electrons. The lowest BCUT2D eigenvalue weighted by atomic mass is 9.98. The van der Waals surface area contributed by atoms with Crippen LogP contribution in [0, 0.1) is 0 Å². The van der Waals surface area contributed by atoms with E-state index in [4.69, 9.17) is 4.98 Å². The third-order valence-electron chi connectivity index (χ3n) is 9.08. The molecular weight excluding hydrogens is 584 g/mol. The first-order valence-electron chi connectivity index (χ1n) is 15.9. The lowest BCUT2D eigenvalue weighted by molar-refractivity contribution is -0.187. The largest absolute Gasteiger partial charge is 0.508 e. The molecule has 3 saturated heterocycles. The number of phenolic OH excluding ortho intramolecular Hbond substituents is 1. The summed E-state index contributed by atoms with van der Waals surface area (Å²) in [4.78, 5) is 54.4. The fourth-order valence-electron chi connectivity index (χ4n) is 6.60. The quantitative estimate of drug-likeness (QED) is 0.389. The second kappa shape index (κ2) is 13.8. The molecule has 1 unspecified atom stereocenters. The van der Waals surface area contributed by atoms with Gasteiger partial charge in [-0.25, -0.2) is 19.8 Å². The molecule has 0 saturated carbocycles. The Morgan fingerprint density at radius 3 is 2.41 bits per heavy atom. The molecule has 12 heteroatoms. The van der Waals surface area contributed by atoms with Crippen molar-refractivity contribution in [2.24, 2.45) is 0 Å². The third kappa shape index (κ3) is 6.77. The number of nitrogens with zero attached hydrogens (tertiary/aromatic N) is 7. The van der Waals surface area contributed by atoms with E-state index in [9.17, 15) is 19.5 Å². The average molecular weight is 627 g/mol. The van der Waals surface area contributed by atoms with E-state index in [0.29, 0.717) is 19.5 Å². The Hall–Kier alpha value is -4.68. The molecule has 0 aliphatic carbocycles. The number of fused-ring (bicyclic) bond motifs is 1. The van der Waals surface area contributed by atoms with Crippen molar-refractivity contribution in [3.05, 3.63) is 89.6 Å². The molecule has 2 N–H and O–H groups in total. The summed E-state index contributed by atoms with van der Waals surface area (Å²) >= 11 is 0. The molecule has 3 fully saturated rings. The van der Waals surface area contributed by atoms with Crippen LogP contribution in [-0.4, -0.2) is 125 Å². The van der Waals surface area contributed by atoms with Crippen LogP contribution >= 0.6 is 0 Å². The zero-order chi connectivity index (χ0) is 32.2. The van der Waals surface area contributed by atoms with Crippen molar-refractivity contribution < 1.29 is 19.5 Å². The Bertz CT molecular complexity index is 1530. The number of anilines is 1. The number of urea groups is 1. The van der Waals surface area contributed by atoms with Gasteiger partial charge in [-0.15, -0.1) is 0 Å². The lowest BCUT2D eigenvalue weighted by Gasteiger charge is -2.54. The second-order valence-electron chi connectivity index (χ2n) is 12.3. The molecule has 2 atom stereocenters. The number of carbonyl (C=O) groups is 3. The zero-order valence-corrected chi connectivity index (χ0v) is 26.5. The van der Waals surface area contributed by atoms with E-state index < -0.39 is 12.2 Å². The predicted molar refractivity (Wildman–Crippen MR) is 174 cm³/mol. The zero-order valence-electron chi connectivity index (χ0n) is 26.5. The van der Waals surface area contributed by atoms with E-state index >= 15 is 0 Å². The minimum Gasteiger partial charge on any atom is -0.508 e. The van der Waals surface area contributed by atoms with Crippen molar-refractivity contribution >= 4 is 23.7 Å². The second-order valence-corrected chi connectivity index (χ2v) is 12.3. The van der Waals surface area contributed by atoms with Gasteiger partial charge in [0.25, 0.3) is 0 Å². The van der Waals surface area contributed by atoms with Crippen LogP contribution in [0.25, 0.3) is 0 Å². The van der Waals surface area contributed by atoms with Gasteiger partial charge in [-0.05, 0) is 42.8 Å². The number of amides is 4. The summed E-state index contributed by atoms with van der Waals surface area (Å²) in [5.41, 5.74) is 2.84. The molecule has 46 heavy (non-hydrogen) atoms. The van der Waals surface area contributed by atoms with Crippen LogP contribution in [-0.2, 0) is 29.0 Å². The average Bonchev–Trinajstić information content (AvgIpc) is 3.05. The number of aromatic hydroxyl groups is 1. The molecule has 4 heterocycles. The summed E-state index contributed by atoms with van der Waals surface area (Å²) in [6, 6.07) is 19.4. The van der Waals surface area contributed by atoms with Gasteiger partial charge in [-0.1, -0.05) is 48.5 Å². The highest BCUT2D eigenvalue weighted by Gasteiger charge is 2.50. The van der Waals surface area contributed by atoms with Gasteiger partial charge in [0.05, 0.1) is 13.1 Å². The van der Waals surface area contributed by atoms with E-state index in [0.717, 1.165) is 48.7 Å². The molecule has 1 aromatic heterocycles. The summed E-state index contributed by atoms with van der Waals surface area (Å²) in [5.74, 6) is 0.588. The molecule has 3 aliphatic heterocycles. The number of hydrogen-bond donors (Lipinski definition) is 2. The van der Waals surface area contributed by atoms with E-state index in [1.165, 1.54) is 0 Å². The highest BCUT2D eigenvalue weighted by atomic mass is 16.3. The molecule has 12 nitrogen and oxygen atoms in total. The minimum atomic E-state index is -0.826. The summed E-state index contributed by atoms with van der Waals surface area (Å²) < 4.78 is 0. The number of phenols is 1. The van der Waals surface area contributed by atoms with Gasteiger partial charge < -0.3 is 30.0 Å². The van der Waals surface area contributed by atoms with Crippen molar-refractivity contribution in [1.29, 1.82) is 0 Å². The Morgan fingerprint density at radius 2 is 1.67 bits per heavy atom. The standard InChI is InChI=1S/C34H42N8O4/c1-37-17-19-39(20-18-37)32-27(9-6-15-35-32)22-40-23-30-41(29(33(40)45)21-26-10-12-28(43)13-11-26)31(44)24-38(2)42(30)34(46)36-16-14-25-7-4-3-5-8-25/h3-13,15,29-30,43H,14,16-24H2,1-2H3,(H,36,46)/t29-,30?/m0/s1. The minimum absolute atomic E-state index is 0.0296. The van der Waals surface area contributed by atoms with E-state index in [1.54, 1.807) is 57.3 Å². The van der Waals surface area contributed by atoms with E-state index in [-0.39, 0.29) is 43.1 Å². The first-order chi connectivity index (χ1) is 22.3. The number of pyridine rings is 1. The molecule has 0 spiro atoms. The molecule has 4 amide bonds. The Kier molecular flexibility index (Phi) is 9.36. The number of benzene rings is 2. The normalized spacial score (nSPS) is 21.0. The van der Waals surface area contributed by atoms with Crippen molar-refractivity contribution in [1.82, 2.24) is 35.0 Å². The summed E-state index contributed by atoms with van der Waals surface area (Å²) in [7, 11) is 3.84. The number of carbonyl (C=O) groups excluding carboxylic acids is 3. The Morgan fingerprint density at radius 1 is 0.935 bits per heavy atom. The lowest BCUT2D eigenvalue weighted by Crippen LogP contribution is -2.76. The van der Waals surface area contributed by atoms with Gasteiger partial charge in [-0.2, -0.15) is 0 Å². The first kappa shape index (κ1) is 31.3. The van der Waals surface area contributed by atoms with Crippen molar-refractivity contribution in [3.8, 4) is 5.75 Å². The highest BCUT2D eigenvalue weighted by Crippen LogP contribution is 2.30. The third-order valence-corrected chi connectivity index (χ3v) is 9.08. The van der Waals surface area contributed by atoms with E-state index in [1.807, 2.05) is 42.5 Å². The first-order valence-corrected chi connectivity index (χ1v) is 15.9. The van der Waals surface area contributed by atoms with Crippen LogP contribution in [0.1, 0.15) is 16.7 Å². The maximum absolute atomic E-state index is 14.3. The number of nitrogens with one attached hydrogen (secondary N) is 1. The molecule has 3 aliphatic rings. The Labute approximate surface area is 269 Å². The van der Waals surface area contributed by atoms with Crippen LogP contribution < -0.4 is 10.2 Å².